The van der Waals surface area contributed by atoms with E-state index in [0.717, 1.165) is 0 Å². The molecule has 3 rings (SSSR count). The number of anilines is 1. The first-order valence-electron chi connectivity index (χ1n) is 7.11. The monoisotopic (exact) mass is 383 g/mol. The highest BCUT2D eigenvalue weighted by molar-refractivity contribution is 6.30. The molecule has 5 nitrogen and oxygen atoms in total. The van der Waals surface area contributed by atoms with Crippen molar-refractivity contribution >= 4 is 40.1 Å². The van der Waals surface area contributed by atoms with Gasteiger partial charge in [0.05, 0.1) is 0 Å². The maximum atomic E-state index is 12.6. The molecule has 1 aromatic heterocycles. The van der Waals surface area contributed by atoms with Crippen molar-refractivity contribution in [3.05, 3.63) is 53.2 Å². The number of benzene rings is 2. The Labute approximate surface area is 149 Å². The van der Waals surface area contributed by atoms with Crippen molar-refractivity contribution in [2.75, 3.05) is 5.32 Å². The average Bonchev–Trinajstić information content (AvgIpc) is 2.93. The Hall–Kier alpha value is -3.00. The number of fused-ring (bicyclic) bond motifs is 1. The average molecular weight is 384 g/mol. The van der Waals surface area contributed by atoms with Gasteiger partial charge in [-0.25, -0.2) is 4.79 Å². The number of furan rings is 1. The first-order chi connectivity index (χ1) is 12.2. The van der Waals surface area contributed by atoms with Crippen molar-refractivity contribution in [2.45, 2.75) is 6.18 Å². The summed E-state index contributed by atoms with van der Waals surface area (Å²) in [6, 6.07) is 11.1. The maximum absolute atomic E-state index is 12.6. The van der Waals surface area contributed by atoms with Gasteiger partial charge in [-0.15, -0.1) is 0 Å². The van der Waals surface area contributed by atoms with E-state index in [1.54, 1.807) is 35.6 Å². The number of hydrogen-bond acceptors (Lipinski definition) is 3. The van der Waals surface area contributed by atoms with Crippen molar-refractivity contribution in [3.8, 4) is 11.1 Å². The van der Waals surface area contributed by atoms with E-state index < -0.39 is 29.5 Å². The minimum atomic E-state index is -5.17. The SMILES string of the molecule is O=C(O)c1oc2ccc(-c3ccc(Cl)cc3)cc2c1NC(=O)C(F)(F)F. The van der Waals surface area contributed by atoms with Gasteiger partial charge in [0, 0.05) is 10.4 Å². The molecule has 2 aromatic carbocycles. The molecule has 134 valence electrons. The third-order valence-corrected chi connectivity index (χ3v) is 3.81. The van der Waals surface area contributed by atoms with Crippen LogP contribution in [0.4, 0.5) is 18.9 Å². The molecule has 2 N–H and O–H groups in total. The highest BCUT2D eigenvalue weighted by Crippen LogP contribution is 2.35. The molecule has 0 unspecified atom stereocenters. The smallest absolute Gasteiger partial charge is 0.471 e. The van der Waals surface area contributed by atoms with Gasteiger partial charge >= 0.3 is 18.1 Å². The van der Waals surface area contributed by atoms with Crippen molar-refractivity contribution in [3.63, 3.8) is 0 Å². The fourth-order valence-corrected chi connectivity index (χ4v) is 2.50. The Morgan fingerprint density at radius 3 is 2.23 bits per heavy atom. The molecule has 0 aliphatic carbocycles. The number of carbonyl (C=O) groups excluding carboxylic acids is 1. The van der Waals surface area contributed by atoms with Crippen LogP contribution in [0.15, 0.2) is 46.9 Å². The number of carbonyl (C=O) groups is 2. The summed E-state index contributed by atoms with van der Waals surface area (Å²) in [5, 5.41) is 11.3. The fourth-order valence-electron chi connectivity index (χ4n) is 2.38. The minimum absolute atomic E-state index is 0.0255. The van der Waals surface area contributed by atoms with Gasteiger partial charge in [-0.2, -0.15) is 13.2 Å². The second-order valence-electron chi connectivity index (χ2n) is 5.28. The quantitative estimate of drug-likeness (QED) is 0.670. The van der Waals surface area contributed by atoms with Crippen LogP contribution in [0.2, 0.25) is 5.02 Å². The predicted octanol–water partition coefficient (Wildman–Crippen LogP) is 4.95. The molecule has 1 heterocycles. The van der Waals surface area contributed by atoms with Crippen LogP contribution in [0, 0.1) is 0 Å². The Morgan fingerprint density at radius 2 is 1.65 bits per heavy atom. The second-order valence-corrected chi connectivity index (χ2v) is 5.72. The van der Waals surface area contributed by atoms with E-state index in [2.05, 4.69) is 0 Å². The van der Waals surface area contributed by atoms with Crippen LogP contribution in [0.3, 0.4) is 0 Å². The van der Waals surface area contributed by atoms with Crippen molar-refractivity contribution in [2.24, 2.45) is 0 Å². The zero-order valence-electron chi connectivity index (χ0n) is 12.7. The van der Waals surface area contributed by atoms with Crippen LogP contribution in [0.1, 0.15) is 10.6 Å². The molecule has 0 atom stereocenters. The summed E-state index contributed by atoms with van der Waals surface area (Å²) in [6.07, 6.45) is -5.17. The van der Waals surface area contributed by atoms with Crippen molar-refractivity contribution in [1.29, 1.82) is 0 Å². The molecule has 9 heteroatoms. The molecule has 0 aliphatic rings. The lowest BCUT2D eigenvalue weighted by atomic mass is 10.0. The highest BCUT2D eigenvalue weighted by atomic mass is 35.5. The number of aromatic carboxylic acids is 1. The molecule has 0 aliphatic heterocycles. The lowest BCUT2D eigenvalue weighted by Gasteiger charge is -2.08. The Bertz CT molecular complexity index is 1010. The maximum Gasteiger partial charge on any atom is 0.471 e. The summed E-state index contributed by atoms with van der Waals surface area (Å²) < 4.78 is 42.7. The van der Waals surface area contributed by atoms with Gasteiger partial charge in [-0.1, -0.05) is 29.8 Å². The molecular formula is C17H9ClF3NO4. The van der Waals surface area contributed by atoms with Gasteiger partial charge in [0.15, 0.2) is 0 Å². The third kappa shape index (κ3) is 3.36. The minimum Gasteiger partial charge on any atom is -0.475 e. The summed E-state index contributed by atoms with van der Waals surface area (Å²) in [7, 11) is 0. The van der Waals surface area contributed by atoms with Gasteiger partial charge in [-0.05, 0) is 35.4 Å². The van der Waals surface area contributed by atoms with Gasteiger partial charge in [0.25, 0.3) is 0 Å². The largest absolute Gasteiger partial charge is 0.475 e. The molecule has 0 spiro atoms. The first-order valence-corrected chi connectivity index (χ1v) is 7.48. The van der Waals surface area contributed by atoms with Gasteiger partial charge in [0.2, 0.25) is 5.76 Å². The molecule has 0 fully saturated rings. The summed E-state index contributed by atoms with van der Waals surface area (Å²) in [5.74, 6) is -4.68. The lowest BCUT2D eigenvalue weighted by molar-refractivity contribution is -0.167. The Balaban J connectivity index is 2.15. The van der Waals surface area contributed by atoms with E-state index in [0.29, 0.717) is 16.1 Å². The van der Waals surface area contributed by atoms with E-state index in [1.165, 1.54) is 12.1 Å². The van der Waals surface area contributed by atoms with Crippen LogP contribution in [-0.2, 0) is 4.79 Å². The van der Waals surface area contributed by atoms with Crippen LogP contribution in [0.5, 0.6) is 0 Å². The standard InChI is InChI=1S/C17H9ClF3NO4/c18-10-4-1-8(2-5-10)9-3-6-12-11(7-9)13(14(26-12)15(23)24)22-16(25)17(19,20)21/h1-7H,(H,22,25)(H,23,24). The van der Waals surface area contributed by atoms with Crippen LogP contribution < -0.4 is 5.32 Å². The number of alkyl halides is 3. The van der Waals surface area contributed by atoms with E-state index in [4.69, 9.17) is 21.1 Å². The third-order valence-electron chi connectivity index (χ3n) is 3.56. The summed E-state index contributed by atoms with van der Waals surface area (Å²) in [4.78, 5) is 22.5. The van der Waals surface area contributed by atoms with Crippen molar-refractivity contribution < 1.29 is 32.3 Å². The topological polar surface area (TPSA) is 79.5 Å². The van der Waals surface area contributed by atoms with Gasteiger partial charge in [0.1, 0.15) is 11.3 Å². The first kappa shape index (κ1) is 17.8. The van der Waals surface area contributed by atoms with E-state index >= 15 is 0 Å². The van der Waals surface area contributed by atoms with E-state index in [1.807, 2.05) is 0 Å². The van der Waals surface area contributed by atoms with Gasteiger partial charge in [-0.3, -0.25) is 4.79 Å². The highest BCUT2D eigenvalue weighted by Gasteiger charge is 2.40. The zero-order valence-corrected chi connectivity index (χ0v) is 13.5. The Morgan fingerprint density at radius 1 is 1.04 bits per heavy atom. The summed E-state index contributed by atoms with van der Waals surface area (Å²) in [6.45, 7) is 0. The molecule has 0 bridgehead atoms. The normalized spacial score (nSPS) is 11.5. The van der Waals surface area contributed by atoms with Crippen molar-refractivity contribution in [1.82, 2.24) is 0 Å². The fraction of sp³-hybridized carbons (Fsp3) is 0.0588. The number of nitrogens with one attached hydrogen (secondary N) is 1. The number of hydrogen-bond donors (Lipinski definition) is 2. The molecule has 26 heavy (non-hydrogen) atoms. The Kier molecular flexibility index (Phi) is 4.37. The lowest BCUT2D eigenvalue weighted by Crippen LogP contribution is -2.30. The predicted molar refractivity (Wildman–Crippen MR) is 88.3 cm³/mol. The van der Waals surface area contributed by atoms with E-state index in [9.17, 15) is 22.8 Å². The number of halogens is 4. The molecule has 3 aromatic rings. The molecule has 1 amide bonds. The number of carboxylic acid groups (broad SMARTS) is 1. The number of amides is 1. The van der Waals surface area contributed by atoms with Gasteiger partial charge < -0.3 is 14.8 Å². The summed E-state index contributed by atoms with van der Waals surface area (Å²) in [5.41, 5.74) is 0.750. The number of carboxylic acids is 1. The zero-order chi connectivity index (χ0) is 19.1. The molecular weight excluding hydrogens is 375 g/mol. The molecule has 0 saturated heterocycles. The van der Waals surface area contributed by atoms with E-state index in [-0.39, 0.29) is 11.0 Å². The summed E-state index contributed by atoms with van der Waals surface area (Å²) >= 11 is 5.82. The molecule has 0 radical (unpaired) electrons. The van der Waals surface area contributed by atoms with Crippen LogP contribution in [-0.4, -0.2) is 23.2 Å². The van der Waals surface area contributed by atoms with Crippen LogP contribution in [0.25, 0.3) is 22.1 Å². The number of rotatable bonds is 3. The second kappa shape index (κ2) is 6.38. The molecule has 0 saturated carbocycles. The van der Waals surface area contributed by atoms with Crippen LogP contribution >= 0.6 is 11.6 Å².